The molecule has 4 aliphatic carbocycles. The van der Waals surface area contributed by atoms with Crippen molar-refractivity contribution in [1.82, 2.24) is 0 Å². The van der Waals surface area contributed by atoms with Crippen LogP contribution >= 0.6 is 0 Å². The van der Waals surface area contributed by atoms with E-state index in [0.29, 0.717) is 3.63 Å². The third-order valence-corrected chi connectivity index (χ3v) is 19.6. The van der Waals surface area contributed by atoms with E-state index in [-0.39, 0.29) is 35.6 Å². The Balaban J connectivity index is 0.00000221. The van der Waals surface area contributed by atoms with Gasteiger partial charge in [0.15, 0.2) is 0 Å². The average molecular weight is 711 g/mol. The number of hydrogen-bond acceptors (Lipinski definition) is 0. The summed E-state index contributed by atoms with van der Waals surface area (Å²) in [6, 6.07) is 7.81. The molecule has 0 spiro atoms. The Hall–Kier alpha value is -0.747. The van der Waals surface area contributed by atoms with E-state index in [1.165, 1.54) is 75.3 Å². The number of fused-ring (bicyclic) bond motifs is 3. The van der Waals surface area contributed by atoms with Crippen LogP contribution in [0.4, 0.5) is 0 Å². The van der Waals surface area contributed by atoms with Gasteiger partial charge < -0.3 is 24.8 Å². The predicted molar refractivity (Wildman–Crippen MR) is 181 cm³/mol. The van der Waals surface area contributed by atoms with E-state index in [9.17, 15) is 0 Å². The minimum atomic E-state index is -2.33. The van der Waals surface area contributed by atoms with Gasteiger partial charge in [-0.25, -0.2) is 0 Å². The SMILES string of the molecule is Cc1cc2c(cc1C(C)(C)C)-c1cc(C(C)(C)C)c(C)[c]([Zr+2](=[C](CC3CCCC3)CC3CCCC3)[CH]3C=CC=C3)c1C2.[Cl-].[Cl-]. The van der Waals surface area contributed by atoms with E-state index in [0.717, 1.165) is 18.3 Å². The van der Waals surface area contributed by atoms with Crippen molar-refractivity contribution in [1.29, 1.82) is 0 Å². The molecule has 0 saturated heterocycles. The molecule has 2 fully saturated rings. The van der Waals surface area contributed by atoms with Gasteiger partial charge in [-0.2, -0.15) is 0 Å². The van der Waals surface area contributed by atoms with E-state index in [4.69, 9.17) is 0 Å². The standard InChI is InChI=1S/C23H29.C13H22.C5H5.2ClH.Zr/c1-14-9-16-11-17-10-15(2)21(23(6,7)8)13-19(17)18(16)12-20(14)22(3,4)5;1-2-7-12(6-1)10-5-11-13-8-3-4-9-13;1-2-4-5-3-1;;;/h9,12-13H,11H2,1-8H3;12-13H,1-4,6-11H2;1-5H;2*1H;/q;;;;;+2/p-2. The van der Waals surface area contributed by atoms with Crippen LogP contribution in [0.5, 0.6) is 0 Å². The third kappa shape index (κ3) is 7.21. The van der Waals surface area contributed by atoms with Crippen molar-refractivity contribution in [3.05, 3.63) is 75.9 Å². The van der Waals surface area contributed by atoms with E-state index < -0.39 is 21.3 Å². The number of rotatable bonds is 6. The molecule has 44 heavy (non-hydrogen) atoms. The number of benzene rings is 2. The zero-order valence-corrected chi connectivity index (χ0v) is 32.8. The first-order valence-electron chi connectivity index (χ1n) is 17.3. The molecule has 0 radical (unpaired) electrons. The molecule has 2 aromatic carbocycles. The summed E-state index contributed by atoms with van der Waals surface area (Å²) in [4.78, 5) is 0. The Labute approximate surface area is 289 Å². The molecule has 238 valence electrons. The van der Waals surface area contributed by atoms with Crippen molar-refractivity contribution in [3.8, 4) is 11.1 Å². The Morgan fingerprint density at radius 2 is 1.20 bits per heavy atom. The number of halogens is 2. The molecule has 0 aromatic heterocycles. The van der Waals surface area contributed by atoms with Crippen molar-refractivity contribution >= 4 is 6.48 Å². The van der Waals surface area contributed by atoms with Crippen molar-refractivity contribution in [2.75, 3.05) is 0 Å². The molecule has 0 unspecified atom stereocenters. The molecule has 0 nitrogen and oxygen atoms in total. The summed E-state index contributed by atoms with van der Waals surface area (Å²) in [6.45, 7) is 19.4. The van der Waals surface area contributed by atoms with Crippen molar-refractivity contribution in [2.45, 2.75) is 140 Å². The molecular weight excluding hydrogens is 655 g/mol. The van der Waals surface area contributed by atoms with Crippen molar-refractivity contribution < 1.29 is 46.1 Å². The maximum absolute atomic E-state index is 2.65. The second-order valence-corrected chi connectivity index (χ2v) is 23.1. The van der Waals surface area contributed by atoms with E-state index in [1.807, 2.05) is 3.27 Å². The normalized spacial score (nSPS) is 18.2. The topological polar surface area (TPSA) is 0 Å². The van der Waals surface area contributed by atoms with Gasteiger partial charge >= 0.3 is 267 Å². The summed E-state index contributed by atoms with van der Waals surface area (Å²) >= 11 is -2.33. The first-order chi connectivity index (χ1) is 19.9. The van der Waals surface area contributed by atoms with Crippen LogP contribution in [0.2, 0.25) is 3.63 Å². The van der Waals surface area contributed by atoms with Crippen LogP contribution in [-0.2, 0) is 38.5 Å². The zero-order chi connectivity index (χ0) is 29.8. The van der Waals surface area contributed by atoms with Gasteiger partial charge in [-0.1, -0.05) is 0 Å². The first kappa shape index (κ1) is 36.1. The molecule has 2 aromatic rings. The maximum Gasteiger partial charge on any atom is -1.00 e. The van der Waals surface area contributed by atoms with Gasteiger partial charge in [0, 0.05) is 0 Å². The second kappa shape index (κ2) is 14.2. The number of allylic oxidation sites excluding steroid dienone is 4. The summed E-state index contributed by atoms with van der Waals surface area (Å²) in [5.74, 6) is 1.89. The Bertz CT molecular complexity index is 1420. The van der Waals surface area contributed by atoms with Crippen molar-refractivity contribution in [2.24, 2.45) is 11.8 Å². The fourth-order valence-electron chi connectivity index (χ4n) is 9.20. The molecule has 2 saturated carbocycles. The monoisotopic (exact) mass is 708 g/mol. The van der Waals surface area contributed by atoms with Gasteiger partial charge in [-0.15, -0.1) is 0 Å². The Morgan fingerprint density at radius 3 is 1.70 bits per heavy atom. The fourth-order valence-corrected chi connectivity index (χ4v) is 18.7. The molecule has 0 N–H and O–H groups in total. The van der Waals surface area contributed by atoms with Gasteiger partial charge in [0.25, 0.3) is 0 Å². The summed E-state index contributed by atoms with van der Waals surface area (Å²) in [7, 11) is 0. The molecule has 6 rings (SSSR count). The van der Waals surface area contributed by atoms with Gasteiger partial charge in [-0.05, 0) is 0 Å². The van der Waals surface area contributed by atoms with Crippen LogP contribution in [0, 0.1) is 25.7 Å². The smallest absolute Gasteiger partial charge is 1.00 e. The zero-order valence-electron chi connectivity index (χ0n) is 28.8. The van der Waals surface area contributed by atoms with E-state index in [1.54, 1.807) is 33.4 Å². The third-order valence-electron chi connectivity index (χ3n) is 11.2. The summed E-state index contributed by atoms with van der Waals surface area (Å²) in [5.41, 5.74) is 13.0. The minimum absolute atomic E-state index is 0. The molecule has 4 aliphatic rings. The second-order valence-electron chi connectivity index (χ2n) is 16.5. The van der Waals surface area contributed by atoms with Gasteiger partial charge in [-0.3, -0.25) is 0 Å². The van der Waals surface area contributed by atoms with Crippen LogP contribution in [0.3, 0.4) is 0 Å². The average Bonchev–Trinajstić information content (AvgIpc) is 3.72. The molecule has 0 amide bonds. The van der Waals surface area contributed by atoms with Crippen molar-refractivity contribution in [3.63, 3.8) is 0 Å². The molecule has 3 heteroatoms. The molecule has 0 bridgehead atoms. The predicted octanol–water partition coefficient (Wildman–Crippen LogP) is 4.97. The number of hydrogen-bond donors (Lipinski definition) is 0. The van der Waals surface area contributed by atoms with Crippen LogP contribution in [0.25, 0.3) is 11.1 Å². The molecular formula is C41H56Cl2Zr. The van der Waals surface area contributed by atoms with Crippen LogP contribution < -0.4 is 28.1 Å². The maximum atomic E-state index is 2.65. The largest absolute Gasteiger partial charge is 1.00 e. The Morgan fingerprint density at radius 1 is 0.705 bits per heavy atom. The molecule has 0 aliphatic heterocycles. The van der Waals surface area contributed by atoms with Crippen LogP contribution in [0.1, 0.15) is 139 Å². The number of aryl methyl sites for hydroxylation is 1. The van der Waals surface area contributed by atoms with E-state index in [2.05, 4.69) is 101 Å². The summed E-state index contributed by atoms with van der Waals surface area (Å²) in [6.07, 6.45) is 25.8. The molecule has 0 heterocycles. The fraction of sp³-hybridized carbons (Fsp3) is 0.585. The Kier molecular flexibility index (Phi) is 11.6. The van der Waals surface area contributed by atoms with E-state index >= 15 is 0 Å². The summed E-state index contributed by atoms with van der Waals surface area (Å²) < 4.78 is 4.67. The van der Waals surface area contributed by atoms with Crippen LogP contribution in [0.15, 0.2) is 42.5 Å². The quantitative estimate of drug-likeness (QED) is 0.340. The summed E-state index contributed by atoms with van der Waals surface area (Å²) in [5, 5.41) is 0. The van der Waals surface area contributed by atoms with Gasteiger partial charge in [0.05, 0.1) is 0 Å². The van der Waals surface area contributed by atoms with Crippen LogP contribution in [-0.4, -0.2) is 3.21 Å². The first-order valence-corrected chi connectivity index (χ1v) is 21.2. The molecule has 0 atom stereocenters. The minimum Gasteiger partial charge on any atom is -1.00 e. The van der Waals surface area contributed by atoms with Gasteiger partial charge in [0.2, 0.25) is 0 Å². The van der Waals surface area contributed by atoms with Gasteiger partial charge in [0.1, 0.15) is 0 Å².